The number of fused-ring (bicyclic) bond motifs is 1. The fraction of sp³-hybridized carbons (Fsp3) is 0.0417. The van der Waals surface area contributed by atoms with E-state index in [9.17, 15) is 14.7 Å². The lowest BCUT2D eigenvalue weighted by Gasteiger charge is -2.11. The van der Waals surface area contributed by atoms with Crippen LogP contribution in [-0.4, -0.2) is 22.0 Å². The molecule has 2 N–H and O–H groups in total. The van der Waals surface area contributed by atoms with E-state index in [0.717, 1.165) is 16.6 Å². The van der Waals surface area contributed by atoms with Crippen molar-refractivity contribution in [1.82, 2.24) is 4.98 Å². The molecular weight excluding hydrogens is 416 g/mol. The highest BCUT2D eigenvalue weighted by Crippen LogP contribution is 2.22. The van der Waals surface area contributed by atoms with Gasteiger partial charge in [-0.15, -0.1) is 0 Å². The third kappa shape index (κ3) is 4.82. The molecule has 0 bridgehead atoms. The molecule has 3 aromatic carbocycles. The number of anilines is 1. The van der Waals surface area contributed by atoms with E-state index in [1.807, 2.05) is 36.4 Å². The number of nitrogens with zero attached hydrogens (tertiary/aromatic N) is 1. The maximum Gasteiger partial charge on any atom is 0.337 e. The summed E-state index contributed by atoms with van der Waals surface area (Å²) in [6.45, 7) is 0.246. The molecule has 31 heavy (non-hydrogen) atoms. The van der Waals surface area contributed by atoms with Crippen molar-refractivity contribution in [2.45, 2.75) is 6.61 Å². The first kappa shape index (κ1) is 20.4. The summed E-state index contributed by atoms with van der Waals surface area (Å²) in [5, 5.41) is 13.3. The normalized spacial score (nSPS) is 10.6. The van der Waals surface area contributed by atoms with Crippen LogP contribution in [0.4, 0.5) is 5.69 Å². The van der Waals surface area contributed by atoms with Crippen molar-refractivity contribution in [2.24, 2.45) is 0 Å². The van der Waals surface area contributed by atoms with Gasteiger partial charge in [-0.05, 0) is 48.5 Å². The van der Waals surface area contributed by atoms with E-state index in [1.54, 1.807) is 24.3 Å². The lowest BCUT2D eigenvalue weighted by molar-refractivity contribution is 0.0698. The van der Waals surface area contributed by atoms with Crippen molar-refractivity contribution in [3.8, 4) is 5.75 Å². The zero-order chi connectivity index (χ0) is 21.8. The molecule has 154 valence electrons. The van der Waals surface area contributed by atoms with Crippen LogP contribution in [0.5, 0.6) is 5.75 Å². The van der Waals surface area contributed by atoms with Crippen LogP contribution in [0, 0.1) is 0 Å². The Hall–Kier alpha value is -3.90. The first-order chi connectivity index (χ1) is 15.0. The third-order valence-corrected chi connectivity index (χ3v) is 4.83. The summed E-state index contributed by atoms with van der Waals surface area (Å²) in [5.74, 6) is -1.14. The monoisotopic (exact) mass is 432 g/mol. The largest absolute Gasteiger partial charge is 0.487 e. The number of amides is 1. The lowest BCUT2D eigenvalue weighted by Crippen LogP contribution is -2.15. The van der Waals surface area contributed by atoms with E-state index in [-0.39, 0.29) is 22.9 Å². The Kier molecular flexibility index (Phi) is 5.82. The van der Waals surface area contributed by atoms with Gasteiger partial charge in [0.15, 0.2) is 0 Å². The van der Waals surface area contributed by atoms with E-state index in [4.69, 9.17) is 16.3 Å². The molecule has 0 aliphatic heterocycles. The van der Waals surface area contributed by atoms with Crippen LogP contribution in [0.25, 0.3) is 10.9 Å². The lowest BCUT2D eigenvalue weighted by atomic mass is 10.1. The number of halogens is 1. The predicted molar refractivity (Wildman–Crippen MR) is 119 cm³/mol. The Balaban J connectivity index is 1.47. The maximum atomic E-state index is 12.6. The van der Waals surface area contributed by atoms with Gasteiger partial charge in [-0.3, -0.25) is 4.79 Å². The molecule has 0 radical (unpaired) electrons. The van der Waals surface area contributed by atoms with E-state index < -0.39 is 11.9 Å². The molecule has 4 rings (SSSR count). The molecule has 0 spiro atoms. The number of hydrogen-bond acceptors (Lipinski definition) is 4. The molecule has 0 atom stereocenters. The minimum atomic E-state index is -1.18. The van der Waals surface area contributed by atoms with Crippen molar-refractivity contribution in [1.29, 1.82) is 0 Å². The van der Waals surface area contributed by atoms with E-state index in [2.05, 4.69) is 10.3 Å². The number of pyridine rings is 1. The average molecular weight is 433 g/mol. The van der Waals surface area contributed by atoms with E-state index in [1.165, 1.54) is 18.2 Å². The quantitative estimate of drug-likeness (QED) is 0.425. The summed E-state index contributed by atoms with van der Waals surface area (Å²) in [4.78, 5) is 28.6. The summed E-state index contributed by atoms with van der Waals surface area (Å²) in [5.41, 5.74) is 2.05. The van der Waals surface area contributed by atoms with Gasteiger partial charge in [-0.2, -0.15) is 0 Å². The highest BCUT2D eigenvalue weighted by atomic mass is 35.5. The van der Waals surface area contributed by atoms with Crippen LogP contribution in [0.15, 0.2) is 78.9 Å². The van der Waals surface area contributed by atoms with Gasteiger partial charge in [0.2, 0.25) is 0 Å². The Morgan fingerprint density at radius 3 is 2.65 bits per heavy atom. The molecule has 6 nitrogen and oxygen atoms in total. The number of hydrogen-bond donors (Lipinski definition) is 2. The molecule has 1 aromatic heterocycles. The minimum Gasteiger partial charge on any atom is -0.487 e. The third-order valence-electron chi connectivity index (χ3n) is 4.60. The van der Waals surface area contributed by atoms with Gasteiger partial charge in [-0.1, -0.05) is 41.9 Å². The number of rotatable bonds is 6. The smallest absolute Gasteiger partial charge is 0.337 e. The van der Waals surface area contributed by atoms with Gasteiger partial charge >= 0.3 is 5.97 Å². The highest BCUT2D eigenvalue weighted by molar-refractivity contribution is 6.31. The van der Waals surface area contributed by atoms with Gasteiger partial charge in [0.05, 0.1) is 22.5 Å². The second-order valence-corrected chi connectivity index (χ2v) is 7.20. The average Bonchev–Trinajstić information content (AvgIpc) is 2.78. The summed E-state index contributed by atoms with van der Waals surface area (Å²) < 4.78 is 5.81. The number of nitrogens with one attached hydrogen (secondary N) is 1. The Morgan fingerprint density at radius 2 is 1.81 bits per heavy atom. The number of carboxylic acids is 1. The second-order valence-electron chi connectivity index (χ2n) is 6.76. The number of aromatic nitrogens is 1. The van der Waals surface area contributed by atoms with Crippen LogP contribution in [-0.2, 0) is 6.61 Å². The van der Waals surface area contributed by atoms with Gasteiger partial charge in [0.25, 0.3) is 5.91 Å². The van der Waals surface area contributed by atoms with Crippen molar-refractivity contribution in [3.05, 3.63) is 101 Å². The molecule has 0 unspecified atom stereocenters. The number of para-hydroxylation sites is 1. The van der Waals surface area contributed by atoms with Crippen LogP contribution < -0.4 is 10.1 Å². The van der Waals surface area contributed by atoms with Crippen molar-refractivity contribution < 1.29 is 19.4 Å². The van der Waals surface area contributed by atoms with E-state index >= 15 is 0 Å². The molecule has 1 heterocycles. The highest BCUT2D eigenvalue weighted by Gasteiger charge is 2.15. The Labute approximate surface area is 183 Å². The molecule has 0 saturated carbocycles. The molecule has 0 fully saturated rings. The first-order valence-corrected chi connectivity index (χ1v) is 9.79. The predicted octanol–water partition coefficient (Wildman–Crippen LogP) is 5.42. The van der Waals surface area contributed by atoms with Crippen LogP contribution in [0.1, 0.15) is 26.4 Å². The number of carboxylic acid groups (broad SMARTS) is 1. The first-order valence-electron chi connectivity index (χ1n) is 9.41. The van der Waals surface area contributed by atoms with Crippen molar-refractivity contribution >= 4 is 40.1 Å². The topological polar surface area (TPSA) is 88.5 Å². The maximum absolute atomic E-state index is 12.6. The molecular formula is C24H17ClN2O4. The Morgan fingerprint density at radius 1 is 0.968 bits per heavy atom. The number of benzene rings is 3. The van der Waals surface area contributed by atoms with Crippen LogP contribution in [0.3, 0.4) is 0 Å². The molecule has 0 saturated heterocycles. The number of carbonyl (C=O) groups excluding carboxylic acids is 1. The fourth-order valence-electron chi connectivity index (χ4n) is 3.07. The zero-order valence-corrected chi connectivity index (χ0v) is 17.0. The minimum absolute atomic E-state index is 0.0874. The van der Waals surface area contributed by atoms with E-state index in [0.29, 0.717) is 11.3 Å². The zero-order valence-electron chi connectivity index (χ0n) is 16.2. The van der Waals surface area contributed by atoms with Gasteiger partial charge in [-0.25, -0.2) is 9.78 Å². The number of carbonyl (C=O) groups is 2. The summed E-state index contributed by atoms with van der Waals surface area (Å²) in [7, 11) is 0. The fourth-order valence-corrected chi connectivity index (χ4v) is 3.24. The number of ether oxygens (including phenoxy) is 1. The molecule has 0 aliphatic rings. The summed E-state index contributed by atoms with van der Waals surface area (Å²) in [6, 6.07) is 22.6. The van der Waals surface area contributed by atoms with Gasteiger partial charge in [0, 0.05) is 16.0 Å². The van der Waals surface area contributed by atoms with Crippen molar-refractivity contribution in [3.63, 3.8) is 0 Å². The summed E-state index contributed by atoms with van der Waals surface area (Å²) in [6.07, 6.45) is 0. The Bertz CT molecular complexity index is 1290. The van der Waals surface area contributed by atoms with Crippen LogP contribution in [0.2, 0.25) is 5.02 Å². The molecule has 0 aliphatic carbocycles. The summed E-state index contributed by atoms with van der Waals surface area (Å²) >= 11 is 5.85. The van der Waals surface area contributed by atoms with Crippen molar-refractivity contribution in [2.75, 3.05) is 5.32 Å². The van der Waals surface area contributed by atoms with Gasteiger partial charge < -0.3 is 15.2 Å². The SMILES string of the molecule is O=C(Nc1ccc(Cl)cc1C(=O)O)c1cccc(OCc2ccc3ccccc3n2)c1. The standard InChI is InChI=1S/C24H17ClN2O4/c25-17-9-11-22(20(13-17)24(29)30)27-23(28)16-5-3-6-19(12-16)31-14-18-10-8-15-4-1-2-7-21(15)26-18/h1-13H,14H2,(H,27,28)(H,29,30). The molecule has 4 aromatic rings. The second kappa shape index (κ2) is 8.85. The van der Waals surface area contributed by atoms with Gasteiger partial charge in [0.1, 0.15) is 12.4 Å². The number of aromatic carboxylic acids is 1. The van der Waals surface area contributed by atoms with Crippen LogP contribution >= 0.6 is 11.6 Å². The molecule has 1 amide bonds. The molecule has 7 heteroatoms.